The molecule has 0 aliphatic rings. The second-order valence-electron chi connectivity index (χ2n) is 3.21. The van der Waals surface area contributed by atoms with Gasteiger partial charge in [0, 0.05) is 17.3 Å². The smallest absolute Gasteiger partial charge is 0.237 e. The quantitative estimate of drug-likeness (QED) is 0.820. The number of thioether (sulfide) groups is 1. The second-order valence-corrected chi connectivity index (χ2v) is 4.22. The number of hydrogen-bond acceptors (Lipinski definition) is 3. The van der Waals surface area contributed by atoms with Crippen molar-refractivity contribution in [2.75, 3.05) is 11.1 Å². The lowest BCUT2D eigenvalue weighted by Gasteiger charge is -2.03. The molecule has 0 saturated heterocycles. The van der Waals surface area contributed by atoms with E-state index in [9.17, 15) is 9.18 Å². The maximum Gasteiger partial charge on any atom is 0.237 e. The lowest BCUT2D eigenvalue weighted by atomic mass is 10.3. The third-order valence-corrected chi connectivity index (χ3v) is 3.00. The summed E-state index contributed by atoms with van der Waals surface area (Å²) in [6, 6.07) is 6.35. The first-order chi connectivity index (χ1) is 8.25. The summed E-state index contributed by atoms with van der Waals surface area (Å²) < 4.78 is 13.2. The van der Waals surface area contributed by atoms with E-state index in [0.29, 0.717) is 10.8 Å². The maximum atomic E-state index is 13.2. The van der Waals surface area contributed by atoms with Crippen molar-refractivity contribution in [3.05, 3.63) is 42.5 Å². The van der Waals surface area contributed by atoms with Gasteiger partial charge < -0.3 is 4.98 Å². The number of H-pyrrole nitrogens is 1. The molecule has 0 saturated carbocycles. The number of hydrogen-bond donors (Lipinski definition) is 2. The third-order valence-electron chi connectivity index (χ3n) is 1.95. The van der Waals surface area contributed by atoms with E-state index in [2.05, 4.69) is 15.3 Å². The van der Waals surface area contributed by atoms with E-state index >= 15 is 0 Å². The molecular formula is C11H10FN3OS. The molecule has 4 nitrogen and oxygen atoms in total. The van der Waals surface area contributed by atoms with Crippen LogP contribution in [-0.4, -0.2) is 21.6 Å². The van der Waals surface area contributed by atoms with Gasteiger partial charge in [0.05, 0.1) is 5.75 Å². The Kier molecular flexibility index (Phi) is 3.77. The van der Waals surface area contributed by atoms with Crippen LogP contribution in [0.15, 0.2) is 41.6 Å². The fourth-order valence-corrected chi connectivity index (χ4v) is 1.95. The molecule has 1 heterocycles. The molecule has 1 aromatic heterocycles. The average molecular weight is 251 g/mol. The molecule has 0 fully saturated rings. The Balaban J connectivity index is 1.86. The van der Waals surface area contributed by atoms with Gasteiger partial charge in [-0.1, -0.05) is 12.1 Å². The number of nitrogens with zero attached hydrogens (tertiary/aromatic N) is 1. The number of rotatable bonds is 4. The first-order valence-electron chi connectivity index (χ1n) is 4.92. The monoisotopic (exact) mass is 251 g/mol. The van der Waals surface area contributed by atoms with Gasteiger partial charge in [-0.05, 0) is 12.1 Å². The van der Waals surface area contributed by atoms with Gasteiger partial charge in [-0.25, -0.2) is 9.37 Å². The summed E-state index contributed by atoms with van der Waals surface area (Å²) in [5, 5.41) is 2.56. The minimum absolute atomic E-state index is 0.141. The summed E-state index contributed by atoms with van der Waals surface area (Å²) in [5.41, 5.74) is 0. The average Bonchev–Trinajstić information content (AvgIpc) is 2.81. The predicted molar refractivity (Wildman–Crippen MR) is 64.3 cm³/mol. The number of benzene rings is 1. The Morgan fingerprint density at radius 3 is 3.00 bits per heavy atom. The van der Waals surface area contributed by atoms with Gasteiger partial charge >= 0.3 is 0 Å². The highest BCUT2D eigenvalue weighted by molar-refractivity contribution is 8.00. The van der Waals surface area contributed by atoms with Crippen LogP contribution in [0.1, 0.15) is 0 Å². The normalized spacial score (nSPS) is 10.2. The Bertz CT molecular complexity index is 501. The van der Waals surface area contributed by atoms with Crippen LogP contribution in [0, 0.1) is 5.82 Å². The van der Waals surface area contributed by atoms with Crippen molar-refractivity contribution in [1.82, 2.24) is 9.97 Å². The molecule has 2 aromatic rings. The molecule has 0 radical (unpaired) electrons. The van der Waals surface area contributed by atoms with E-state index in [1.165, 1.54) is 6.07 Å². The van der Waals surface area contributed by atoms with Crippen molar-refractivity contribution >= 4 is 23.6 Å². The lowest BCUT2D eigenvalue weighted by Crippen LogP contribution is -2.15. The number of aromatic nitrogens is 2. The van der Waals surface area contributed by atoms with Crippen LogP contribution in [0.3, 0.4) is 0 Å². The number of imidazole rings is 1. The molecule has 0 atom stereocenters. The highest BCUT2D eigenvalue weighted by Crippen LogP contribution is 2.20. The molecule has 17 heavy (non-hydrogen) atoms. The molecule has 2 rings (SSSR count). The van der Waals surface area contributed by atoms with E-state index in [4.69, 9.17) is 0 Å². The van der Waals surface area contributed by atoms with E-state index in [-0.39, 0.29) is 17.5 Å². The molecule has 0 aliphatic heterocycles. The SMILES string of the molecule is O=C(CSc1ccccc1F)Nc1ncc[nH]1. The summed E-state index contributed by atoms with van der Waals surface area (Å²) in [4.78, 5) is 18.6. The summed E-state index contributed by atoms with van der Waals surface area (Å²) in [5.74, 6) is -0.0117. The molecule has 88 valence electrons. The van der Waals surface area contributed by atoms with Gasteiger partial charge in [0.1, 0.15) is 5.82 Å². The molecule has 1 amide bonds. The predicted octanol–water partition coefficient (Wildman–Crippen LogP) is 2.28. The Labute approximate surface area is 102 Å². The van der Waals surface area contributed by atoms with E-state index in [1.807, 2.05) is 0 Å². The van der Waals surface area contributed by atoms with E-state index < -0.39 is 0 Å². The van der Waals surface area contributed by atoms with Crippen LogP contribution >= 0.6 is 11.8 Å². The molecule has 0 aliphatic carbocycles. The molecular weight excluding hydrogens is 241 g/mol. The fraction of sp³-hybridized carbons (Fsp3) is 0.0909. The largest absolute Gasteiger partial charge is 0.331 e. The van der Waals surface area contributed by atoms with Crippen molar-refractivity contribution in [3.63, 3.8) is 0 Å². The van der Waals surface area contributed by atoms with Crippen molar-refractivity contribution in [2.45, 2.75) is 4.90 Å². The lowest BCUT2D eigenvalue weighted by molar-refractivity contribution is -0.113. The van der Waals surface area contributed by atoms with Gasteiger partial charge in [0.15, 0.2) is 0 Å². The zero-order chi connectivity index (χ0) is 12.1. The minimum atomic E-state index is -0.316. The van der Waals surface area contributed by atoms with Gasteiger partial charge in [0.25, 0.3) is 0 Å². The highest BCUT2D eigenvalue weighted by Gasteiger charge is 2.07. The molecule has 1 aromatic carbocycles. The standard InChI is InChI=1S/C11H10FN3OS/c12-8-3-1-2-4-9(8)17-7-10(16)15-11-13-5-6-14-11/h1-6H,7H2,(H2,13,14,15,16). The number of nitrogens with one attached hydrogen (secondary N) is 2. The van der Waals surface area contributed by atoms with Gasteiger partial charge in [-0.15, -0.1) is 11.8 Å². The van der Waals surface area contributed by atoms with Gasteiger partial charge in [0.2, 0.25) is 11.9 Å². The van der Waals surface area contributed by atoms with Gasteiger partial charge in [-0.2, -0.15) is 0 Å². The number of anilines is 1. The third kappa shape index (κ3) is 3.32. The maximum absolute atomic E-state index is 13.2. The van der Waals surface area contributed by atoms with Gasteiger partial charge in [-0.3, -0.25) is 10.1 Å². The summed E-state index contributed by atoms with van der Waals surface area (Å²) >= 11 is 1.15. The molecule has 0 unspecified atom stereocenters. The van der Waals surface area contributed by atoms with Crippen molar-refractivity contribution in [3.8, 4) is 0 Å². The van der Waals surface area contributed by atoms with Crippen LogP contribution in [0.5, 0.6) is 0 Å². The second kappa shape index (κ2) is 5.49. The number of carbonyl (C=O) groups is 1. The summed E-state index contributed by atoms with van der Waals surface area (Å²) in [6.07, 6.45) is 3.15. The van der Waals surface area contributed by atoms with E-state index in [0.717, 1.165) is 11.8 Å². The Morgan fingerprint density at radius 1 is 1.47 bits per heavy atom. The molecule has 2 N–H and O–H groups in total. The van der Waals surface area contributed by atoms with Crippen LogP contribution in [0.4, 0.5) is 10.3 Å². The summed E-state index contributed by atoms with van der Waals surface area (Å²) in [7, 11) is 0. The van der Waals surface area contributed by atoms with Crippen LogP contribution in [-0.2, 0) is 4.79 Å². The number of carbonyl (C=O) groups excluding carboxylic acids is 1. The topological polar surface area (TPSA) is 57.8 Å². The zero-order valence-electron chi connectivity index (χ0n) is 8.81. The molecule has 0 bridgehead atoms. The molecule has 6 heteroatoms. The summed E-state index contributed by atoms with van der Waals surface area (Å²) in [6.45, 7) is 0. The minimum Gasteiger partial charge on any atom is -0.331 e. The Hall–Kier alpha value is -1.82. The van der Waals surface area contributed by atoms with Crippen LogP contribution < -0.4 is 5.32 Å². The van der Waals surface area contributed by atoms with E-state index in [1.54, 1.807) is 30.6 Å². The van der Waals surface area contributed by atoms with Crippen molar-refractivity contribution in [2.24, 2.45) is 0 Å². The first-order valence-corrected chi connectivity index (χ1v) is 5.91. The van der Waals surface area contributed by atoms with Crippen LogP contribution in [0.25, 0.3) is 0 Å². The zero-order valence-corrected chi connectivity index (χ0v) is 9.63. The first kappa shape index (κ1) is 11.7. The van der Waals surface area contributed by atoms with Crippen LogP contribution in [0.2, 0.25) is 0 Å². The number of amides is 1. The molecule has 0 spiro atoms. The fourth-order valence-electron chi connectivity index (χ4n) is 1.21. The van der Waals surface area contributed by atoms with Crippen molar-refractivity contribution < 1.29 is 9.18 Å². The number of aromatic amines is 1. The number of halogens is 1. The highest BCUT2D eigenvalue weighted by atomic mass is 32.2. The van der Waals surface area contributed by atoms with Crippen molar-refractivity contribution in [1.29, 1.82) is 0 Å². The Morgan fingerprint density at radius 2 is 2.29 bits per heavy atom.